The van der Waals surface area contributed by atoms with E-state index in [-0.39, 0.29) is 23.1 Å². The molecule has 1 aliphatic rings. The molecular weight excluding hydrogens is 635 g/mol. The Labute approximate surface area is 235 Å². The summed E-state index contributed by atoms with van der Waals surface area (Å²) in [6, 6.07) is 0.980. The number of carbonyl (C=O) groups is 3. The lowest BCUT2D eigenvalue weighted by Crippen LogP contribution is -2.45. The van der Waals surface area contributed by atoms with Gasteiger partial charge in [0.25, 0.3) is 11.8 Å². The first-order valence-corrected chi connectivity index (χ1v) is 11.6. The average Bonchev–Trinajstić information content (AvgIpc) is 3.17. The molecule has 3 amide bonds. The number of halogens is 13. The summed E-state index contributed by atoms with van der Waals surface area (Å²) < 4.78 is 175. The zero-order valence-corrected chi connectivity index (χ0v) is 21.1. The van der Waals surface area contributed by atoms with Crippen LogP contribution in [0.1, 0.15) is 44.3 Å². The van der Waals surface area contributed by atoms with Gasteiger partial charge in [-0.1, -0.05) is 12.1 Å². The summed E-state index contributed by atoms with van der Waals surface area (Å²) >= 11 is 0. The number of fused-ring (bicyclic) bond motifs is 1. The highest BCUT2D eigenvalue weighted by Gasteiger charge is 2.45. The minimum atomic E-state index is -5.90. The molecule has 0 saturated heterocycles. The number of nitrogens with one attached hydrogen (secondary N) is 1. The Kier molecular flexibility index (Phi) is 7.71. The molecule has 0 bridgehead atoms. The zero-order chi connectivity index (χ0) is 33.3. The van der Waals surface area contributed by atoms with E-state index in [1.54, 1.807) is 0 Å². The highest BCUT2D eigenvalue weighted by Crippen LogP contribution is 2.42. The van der Waals surface area contributed by atoms with Crippen molar-refractivity contribution in [2.75, 3.05) is 5.32 Å². The summed E-state index contributed by atoms with van der Waals surface area (Å²) in [6.07, 6.45) is -16.5. The number of amides is 3. The van der Waals surface area contributed by atoms with E-state index in [0.717, 1.165) is 25.1 Å². The fraction of sp³-hybridized carbons (Fsp3) is 0.192. The van der Waals surface area contributed by atoms with Crippen LogP contribution in [0, 0.1) is 23.3 Å². The summed E-state index contributed by atoms with van der Waals surface area (Å²) in [7, 11) is 0. The van der Waals surface area contributed by atoms with Gasteiger partial charge in [0.2, 0.25) is 5.91 Å². The van der Waals surface area contributed by atoms with Gasteiger partial charge in [0.15, 0.2) is 23.3 Å². The van der Waals surface area contributed by atoms with Gasteiger partial charge < -0.3 is 5.32 Å². The number of benzene rings is 3. The van der Waals surface area contributed by atoms with Crippen molar-refractivity contribution in [1.29, 1.82) is 0 Å². The number of anilines is 1. The van der Waals surface area contributed by atoms with E-state index in [1.807, 2.05) is 0 Å². The molecule has 4 rings (SSSR count). The maximum absolute atomic E-state index is 14.3. The predicted molar refractivity (Wildman–Crippen MR) is 122 cm³/mol. The molecule has 0 aromatic heterocycles. The number of nitrogens with zero attached hydrogens (tertiary/aromatic N) is 1. The number of alkyl halides is 9. The van der Waals surface area contributed by atoms with Gasteiger partial charge in [0.05, 0.1) is 22.3 Å². The van der Waals surface area contributed by atoms with Gasteiger partial charge in [0.1, 0.15) is 17.3 Å². The molecule has 3 aromatic carbocycles. The van der Waals surface area contributed by atoms with Crippen molar-refractivity contribution in [3.05, 3.63) is 87.5 Å². The maximum atomic E-state index is 14.3. The van der Waals surface area contributed by atoms with E-state index in [2.05, 4.69) is 0 Å². The average molecular weight is 646 g/mol. The van der Waals surface area contributed by atoms with Gasteiger partial charge in [-0.05, 0) is 42.3 Å². The van der Waals surface area contributed by atoms with Crippen molar-refractivity contribution in [3.8, 4) is 11.1 Å². The van der Waals surface area contributed by atoms with Crippen LogP contribution in [0.15, 0.2) is 36.4 Å². The van der Waals surface area contributed by atoms with Gasteiger partial charge in [-0.15, -0.1) is 0 Å². The third-order valence-electron chi connectivity index (χ3n) is 6.41. The Morgan fingerprint density at radius 1 is 0.705 bits per heavy atom. The Balaban J connectivity index is 1.75. The number of hydrogen-bond donors (Lipinski definition) is 1. The van der Waals surface area contributed by atoms with Crippen molar-refractivity contribution in [1.82, 2.24) is 4.90 Å². The molecule has 3 aromatic rings. The van der Waals surface area contributed by atoms with Crippen molar-refractivity contribution >= 4 is 23.4 Å². The van der Waals surface area contributed by atoms with E-state index >= 15 is 0 Å². The fourth-order valence-electron chi connectivity index (χ4n) is 4.34. The summed E-state index contributed by atoms with van der Waals surface area (Å²) in [5, 5.41) is 1.25. The van der Waals surface area contributed by atoms with E-state index in [9.17, 15) is 71.5 Å². The molecule has 1 aliphatic heterocycles. The standard InChI is InChI=1S/C26H11F13N2O3/c1-8(21(42)40-20-18(29)16(27)15(26(37,38)39)17(28)19(20)30)41-22(43)13-4-2-3-12(14(13)23(41)44)9-5-10(24(31,32)33)7-11(6-9)25(34,35)36/h2-8H,1H3,(H,40,42). The van der Waals surface area contributed by atoms with Crippen LogP contribution in [-0.2, 0) is 23.3 Å². The van der Waals surface area contributed by atoms with Crippen LogP contribution in [0.2, 0.25) is 0 Å². The molecule has 234 valence electrons. The van der Waals surface area contributed by atoms with E-state index < -0.39 is 110 Å². The largest absolute Gasteiger partial charge is 0.422 e. The summed E-state index contributed by atoms with van der Waals surface area (Å²) in [5.74, 6) is -15.9. The second kappa shape index (κ2) is 10.5. The molecule has 1 heterocycles. The summed E-state index contributed by atoms with van der Waals surface area (Å²) in [4.78, 5) is 39.0. The van der Waals surface area contributed by atoms with Crippen molar-refractivity contribution < 1.29 is 71.5 Å². The Morgan fingerprint density at radius 3 is 1.64 bits per heavy atom. The molecular formula is C26H11F13N2O3. The molecule has 44 heavy (non-hydrogen) atoms. The lowest BCUT2D eigenvalue weighted by atomic mass is 9.93. The second-order valence-corrected chi connectivity index (χ2v) is 9.17. The molecule has 0 aliphatic carbocycles. The van der Waals surface area contributed by atoms with Crippen LogP contribution >= 0.6 is 0 Å². The molecule has 1 unspecified atom stereocenters. The summed E-state index contributed by atoms with van der Waals surface area (Å²) in [6.45, 7) is 0.718. The van der Waals surface area contributed by atoms with Crippen molar-refractivity contribution in [3.63, 3.8) is 0 Å². The summed E-state index contributed by atoms with van der Waals surface area (Å²) in [5.41, 5.74) is -11.3. The molecule has 0 saturated carbocycles. The Bertz CT molecular complexity index is 1660. The van der Waals surface area contributed by atoms with Gasteiger partial charge >= 0.3 is 18.5 Å². The van der Waals surface area contributed by atoms with Crippen molar-refractivity contribution in [2.24, 2.45) is 0 Å². The van der Waals surface area contributed by atoms with E-state index in [4.69, 9.17) is 0 Å². The van der Waals surface area contributed by atoms with Gasteiger partial charge in [-0.25, -0.2) is 17.6 Å². The minimum absolute atomic E-state index is 0.0639. The van der Waals surface area contributed by atoms with Crippen molar-refractivity contribution in [2.45, 2.75) is 31.5 Å². The Hall–Kier alpha value is -4.64. The third-order valence-corrected chi connectivity index (χ3v) is 6.41. The predicted octanol–water partition coefficient (Wildman–Crippen LogP) is 7.59. The number of rotatable bonds is 4. The molecule has 0 radical (unpaired) electrons. The minimum Gasteiger partial charge on any atom is -0.319 e. The lowest BCUT2D eigenvalue weighted by Gasteiger charge is -2.22. The monoisotopic (exact) mass is 646 g/mol. The normalized spacial score (nSPS) is 14.6. The number of hydrogen-bond acceptors (Lipinski definition) is 3. The van der Waals surface area contributed by atoms with Crippen LogP contribution in [-0.4, -0.2) is 28.7 Å². The van der Waals surface area contributed by atoms with E-state index in [1.165, 1.54) is 5.32 Å². The highest BCUT2D eigenvalue weighted by atomic mass is 19.4. The second-order valence-electron chi connectivity index (χ2n) is 9.17. The van der Waals surface area contributed by atoms with Gasteiger partial charge in [-0.2, -0.15) is 39.5 Å². The Morgan fingerprint density at radius 2 is 1.18 bits per heavy atom. The van der Waals surface area contributed by atoms with Crippen LogP contribution in [0.25, 0.3) is 11.1 Å². The first-order chi connectivity index (χ1) is 20.1. The molecule has 1 N–H and O–H groups in total. The highest BCUT2D eigenvalue weighted by molar-refractivity contribution is 6.25. The zero-order valence-electron chi connectivity index (χ0n) is 21.1. The smallest absolute Gasteiger partial charge is 0.319 e. The first kappa shape index (κ1) is 32.3. The fourth-order valence-corrected chi connectivity index (χ4v) is 4.34. The number of imide groups is 1. The first-order valence-electron chi connectivity index (χ1n) is 11.6. The van der Waals surface area contributed by atoms with Crippen LogP contribution in [0.4, 0.5) is 62.8 Å². The van der Waals surface area contributed by atoms with Gasteiger partial charge in [-0.3, -0.25) is 19.3 Å². The van der Waals surface area contributed by atoms with Crippen LogP contribution in [0.5, 0.6) is 0 Å². The molecule has 0 fully saturated rings. The third kappa shape index (κ3) is 5.43. The number of carbonyl (C=O) groups excluding carboxylic acids is 3. The molecule has 1 atom stereocenters. The topological polar surface area (TPSA) is 66.5 Å². The SMILES string of the molecule is CC(C(=O)Nc1c(F)c(F)c(C(F)(F)F)c(F)c1F)N1C(=O)c2cccc(-c3cc(C(F)(F)F)cc(C(F)(F)F)c3)c2C1=O. The van der Waals surface area contributed by atoms with E-state index in [0.29, 0.717) is 0 Å². The maximum Gasteiger partial charge on any atom is 0.422 e. The quantitative estimate of drug-likeness (QED) is 0.181. The van der Waals surface area contributed by atoms with Crippen LogP contribution in [0.3, 0.4) is 0 Å². The lowest BCUT2D eigenvalue weighted by molar-refractivity contribution is -0.144. The van der Waals surface area contributed by atoms with Crippen LogP contribution < -0.4 is 5.32 Å². The van der Waals surface area contributed by atoms with Gasteiger partial charge in [0, 0.05) is 0 Å². The molecule has 0 spiro atoms. The molecule has 5 nitrogen and oxygen atoms in total. The molecule has 18 heteroatoms.